The Morgan fingerprint density at radius 2 is 2.05 bits per heavy atom. The van der Waals surface area contributed by atoms with Gasteiger partial charge in [-0.1, -0.05) is 36.7 Å². The summed E-state index contributed by atoms with van der Waals surface area (Å²) >= 11 is 3.14. The summed E-state index contributed by atoms with van der Waals surface area (Å²) in [5, 5.41) is 8.97. The molecule has 0 radical (unpaired) electrons. The van der Waals surface area contributed by atoms with Gasteiger partial charge in [-0.2, -0.15) is 0 Å². The molecular formula is C14H17BrF2O3. The van der Waals surface area contributed by atoms with Gasteiger partial charge in [-0.25, -0.2) is 13.6 Å². The van der Waals surface area contributed by atoms with Gasteiger partial charge in [-0.15, -0.1) is 0 Å². The molecule has 0 fully saturated rings. The molecule has 1 aromatic carbocycles. The summed E-state index contributed by atoms with van der Waals surface area (Å²) in [7, 11) is 0. The maximum absolute atomic E-state index is 14.2. The van der Waals surface area contributed by atoms with Crippen molar-refractivity contribution in [3.05, 3.63) is 28.2 Å². The Morgan fingerprint density at radius 1 is 1.45 bits per heavy atom. The maximum atomic E-state index is 14.2. The van der Waals surface area contributed by atoms with Crippen LogP contribution in [-0.4, -0.2) is 17.2 Å². The molecule has 0 saturated carbocycles. The molecule has 3 nitrogen and oxygen atoms in total. The lowest BCUT2D eigenvalue weighted by molar-refractivity contribution is -0.145. The van der Waals surface area contributed by atoms with Gasteiger partial charge in [0.1, 0.15) is 5.75 Å². The Hall–Kier alpha value is -1.17. The fourth-order valence-electron chi connectivity index (χ4n) is 1.64. The Balaban J connectivity index is 3.24. The summed E-state index contributed by atoms with van der Waals surface area (Å²) in [5.74, 6) is -5.30. The van der Waals surface area contributed by atoms with E-state index in [0.29, 0.717) is 4.47 Å². The predicted molar refractivity (Wildman–Crippen MR) is 75.2 cm³/mol. The molecule has 112 valence electrons. The average Bonchev–Trinajstić information content (AvgIpc) is 2.36. The molecule has 0 bridgehead atoms. The van der Waals surface area contributed by atoms with E-state index in [-0.39, 0.29) is 17.7 Å². The lowest BCUT2D eigenvalue weighted by atomic mass is 9.97. The second-order valence-electron chi connectivity index (χ2n) is 4.77. The zero-order valence-corrected chi connectivity index (χ0v) is 13.1. The molecule has 1 atom stereocenters. The van der Waals surface area contributed by atoms with Gasteiger partial charge in [0.2, 0.25) is 0 Å². The highest BCUT2D eigenvalue weighted by atomic mass is 79.9. The number of aliphatic carboxylic acids is 1. The van der Waals surface area contributed by atoms with Gasteiger partial charge >= 0.3 is 5.97 Å². The molecule has 0 amide bonds. The van der Waals surface area contributed by atoms with Crippen LogP contribution in [0, 0.1) is 5.92 Å². The maximum Gasteiger partial charge on any atom is 0.344 e. The van der Waals surface area contributed by atoms with E-state index >= 15 is 0 Å². The number of hydrogen-bond acceptors (Lipinski definition) is 2. The molecule has 0 spiro atoms. The standard InChI is InChI=1S/C14H17BrF2O3/c1-4-11(13(18)19)20-12-6-5-9(15)7-10(12)14(16,17)8(2)3/h5-8,11H,4H2,1-3H3,(H,18,19)/t11-/m0/s1. The fraction of sp³-hybridized carbons (Fsp3) is 0.500. The number of carboxylic acid groups (broad SMARTS) is 1. The minimum absolute atomic E-state index is 0.0962. The monoisotopic (exact) mass is 350 g/mol. The number of alkyl halides is 2. The Labute approximate surface area is 125 Å². The van der Waals surface area contributed by atoms with Crippen LogP contribution >= 0.6 is 15.9 Å². The van der Waals surface area contributed by atoms with Gasteiger partial charge < -0.3 is 9.84 Å². The van der Waals surface area contributed by atoms with Crippen molar-refractivity contribution in [2.45, 2.75) is 39.2 Å². The van der Waals surface area contributed by atoms with Crippen molar-refractivity contribution in [3.63, 3.8) is 0 Å². The van der Waals surface area contributed by atoms with Crippen molar-refractivity contribution in [1.82, 2.24) is 0 Å². The lowest BCUT2D eigenvalue weighted by Crippen LogP contribution is -2.28. The average molecular weight is 351 g/mol. The van der Waals surface area contributed by atoms with E-state index in [1.165, 1.54) is 26.0 Å². The van der Waals surface area contributed by atoms with Gasteiger partial charge in [0.15, 0.2) is 6.10 Å². The molecule has 0 heterocycles. The highest BCUT2D eigenvalue weighted by molar-refractivity contribution is 9.10. The molecule has 1 N–H and O–H groups in total. The molecule has 0 saturated heterocycles. The molecule has 20 heavy (non-hydrogen) atoms. The van der Waals surface area contributed by atoms with E-state index in [0.717, 1.165) is 0 Å². The number of hydrogen-bond donors (Lipinski definition) is 1. The van der Waals surface area contributed by atoms with Crippen LogP contribution in [0.2, 0.25) is 0 Å². The van der Waals surface area contributed by atoms with Gasteiger partial charge in [0.05, 0.1) is 5.56 Å². The summed E-state index contributed by atoms with van der Waals surface area (Å²) in [6.07, 6.45) is -0.948. The zero-order valence-electron chi connectivity index (χ0n) is 11.5. The second kappa shape index (κ2) is 6.52. The van der Waals surface area contributed by atoms with E-state index in [1.54, 1.807) is 13.0 Å². The van der Waals surface area contributed by atoms with Gasteiger partial charge in [-0.05, 0) is 24.6 Å². The molecule has 0 aromatic heterocycles. The first-order valence-corrected chi connectivity index (χ1v) is 7.06. The summed E-state index contributed by atoms with van der Waals surface area (Å²) in [6, 6.07) is 4.18. The smallest absolute Gasteiger partial charge is 0.344 e. The predicted octanol–water partition coefficient (Wildman–Crippen LogP) is 4.44. The van der Waals surface area contributed by atoms with Crippen LogP contribution in [0.25, 0.3) is 0 Å². The minimum atomic E-state index is -3.10. The van der Waals surface area contributed by atoms with E-state index in [4.69, 9.17) is 9.84 Å². The van der Waals surface area contributed by atoms with Crippen molar-refractivity contribution in [1.29, 1.82) is 0 Å². The number of rotatable bonds is 6. The highest BCUT2D eigenvalue weighted by Crippen LogP contribution is 2.42. The quantitative estimate of drug-likeness (QED) is 0.824. The first-order valence-electron chi connectivity index (χ1n) is 6.27. The molecule has 0 aliphatic carbocycles. The van der Waals surface area contributed by atoms with Crippen molar-refractivity contribution >= 4 is 21.9 Å². The number of halogens is 3. The van der Waals surface area contributed by atoms with Crippen LogP contribution in [0.1, 0.15) is 32.8 Å². The van der Waals surface area contributed by atoms with E-state index < -0.39 is 23.9 Å². The third-order valence-corrected chi connectivity index (χ3v) is 3.43. The molecule has 0 aliphatic heterocycles. The lowest BCUT2D eigenvalue weighted by Gasteiger charge is -2.25. The third kappa shape index (κ3) is 3.69. The molecule has 1 rings (SSSR count). The normalized spacial score (nSPS) is 13.3. The van der Waals surface area contributed by atoms with E-state index in [1.807, 2.05) is 0 Å². The van der Waals surface area contributed by atoms with Crippen LogP contribution in [0.5, 0.6) is 5.75 Å². The molecule has 0 unspecified atom stereocenters. The van der Waals surface area contributed by atoms with Crippen LogP contribution in [0.3, 0.4) is 0 Å². The summed E-state index contributed by atoms with van der Waals surface area (Å²) in [5.41, 5.74) is -0.304. The number of carbonyl (C=O) groups is 1. The largest absolute Gasteiger partial charge is 0.479 e. The molecule has 1 aromatic rings. The first-order chi connectivity index (χ1) is 9.20. The van der Waals surface area contributed by atoms with E-state index in [9.17, 15) is 13.6 Å². The molecule has 6 heteroatoms. The Kier molecular flexibility index (Phi) is 5.50. The summed E-state index contributed by atoms with van der Waals surface area (Å²) < 4.78 is 34.2. The van der Waals surface area contributed by atoms with Crippen LogP contribution < -0.4 is 4.74 Å². The number of benzene rings is 1. The fourth-order valence-corrected chi connectivity index (χ4v) is 2.00. The molecular weight excluding hydrogens is 334 g/mol. The van der Waals surface area contributed by atoms with Crippen molar-refractivity contribution in [3.8, 4) is 5.75 Å². The van der Waals surface area contributed by atoms with Gasteiger partial charge in [0, 0.05) is 10.4 Å². The van der Waals surface area contributed by atoms with Crippen LogP contribution in [-0.2, 0) is 10.7 Å². The van der Waals surface area contributed by atoms with Crippen molar-refractivity contribution in [2.75, 3.05) is 0 Å². The highest BCUT2D eigenvalue weighted by Gasteiger charge is 2.39. The first kappa shape index (κ1) is 16.9. The third-order valence-electron chi connectivity index (χ3n) is 2.94. The van der Waals surface area contributed by atoms with E-state index in [2.05, 4.69) is 15.9 Å². The zero-order chi connectivity index (χ0) is 15.5. The van der Waals surface area contributed by atoms with Crippen molar-refractivity contribution in [2.24, 2.45) is 5.92 Å². The van der Waals surface area contributed by atoms with Gasteiger partial charge in [0.25, 0.3) is 5.92 Å². The summed E-state index contributed by atoms with van der Waals surface area (Å²) in [6.45, 7) is 4.43. The summed E-state index contributed by atoms with van der Waals surface area (Å²) in [4.78, 5) is 11.0. The number of ether oxygens (including phenoxy) is 1. The van der Waals surface area contributed by atoms with Crippen molar-refractivity contribution < 1.29 is 23.4 Å². The second-order valence-corrected chi connectivity index (χ2v) is 5.69. The SMILES string of the molecule is CC[C@H](Oc1ccc(Br)cc1C(F)(F)C(C)C)C(=O)O. The number of carboxylic acids is 1. The Bertz CT molecular complexity index is 489. The minimum Gasteiger partial charge on any atom is -0.479 e. The topological polar surface area (TPSA) is 46.5 Å². The Morgan fingerprint density at radius 3 is 2.50 bits per heavy atom. The van der Waals surface area contributed by atoms with Crippen LogP contribution in [0.4, 0.5) is 8.78 Å². The van der Waals surface area contributed by atoms with Crippen LogP contribution in [0.15, 0.2) is 22.7 Å². The van der Waals surface area contributed by atoms with Gasteiger partial charge in [-0.3, -0.25) is 0 Å². The molecule has 0 aliphatic rings.